The lowest BCUT2D eigenvalue weighted by molar-refractivity contribution is 0.0899. The summed E-state index contributed by atoms with van der Waals surface area (Å²) in [6, 6.07) is 4.50. The number of nitrogens with zero attached hydrogens (tertiary/aromatic N) is 5. The van der Waals surface area contributed by atoms with Gasteiger partial charge in [0.1, 0.15) is 36.2 Å². The predicted molar refractivity (Wildman–Crippen MR) is 155 cm³/mol. The van der Waals surface area contributed by atoms with Gasteiger partial charge in [0.2, 0.25) is 11.8 Å². The highest BCUT2D eigenvalue weighted by Gasteiger charge is 2.28. The van der Waals surface area contributed by atoms with E-state index in [-0.39, 0.29) is 12.1 Å². The highest BCUT2D eigenvalue weighted by Crippen LogP contribution is 2.42. The van der Waals surface area contributed by atoms with Crippen molar-refractivity contribution in [3.63, 3.8) is 0 Å². The van der Waals surface area contributed by atoms with Crippen LogP contribution in [0.5, 0.6) is 11.8 Å². The first kappa shape index (κ1) is 28.8. The summed E-state index contributed by atoms with van der Waals surface area (Å²) in [6.45, 7) is 9.46. The highest BCUT2D eigenvalue weighted by atomic mass is 28.3. The number of urea groups is 1. The minimum absolute atomic E-state index is 0.159. The third-order valence-electron chi connectivity index (χ3n) is 6.30. The van der Waals surface area contributed by atoms with Crippen LogP contribution in [0.1, 0.15) is 19.3 Å². The Hall–Kier alpha value is -3.22. The van der Waals surface area contributed by atoms with E-state index in [4.69, 9.17) is 19.2 Å². The van der Waals surface area contributed by atoms with E-state index in [2.05, 4.69) is 45.1 Å². The van der Waals surface area contributed by atoms with Crippen molar-refractivity contribution in [3.05, 3.63) is 24.7 Å². The number of anilines is 1. The fraction of sp³-hybridized carbons (Fsp3) is 0.556. The molecule has 11 nitrogen and oxygen atoms in total. The van der Waals surface area contributed by atoms with Gasteiger partial charge < -0.3 is 29.0 Å². The molecule has 3 aromatic heterocycles. The van der Waals surface area contributed by atoms with Gasteiger partial charge in [0.15, 0.2) is 0 Å². The SMILES string of the molecule is COc1ncnc(OC2CC2)c1-c1cn(COCC[Si](C)(C)C)c2nc(NC(=O)NCCCN(C)C)ccc12. The number of hydrogen-bond donors (Lipinski definition) is 2. The van der Waals surface area contributed by atoms with Crippen LogP contribution in [-0.4, -0.2) is 85.5 Å². The highest BCUT2D eigenvalue weighted by molar-refractivity contribution is 6.76. The van der Waals surface area contributed by atoms with Crippen molar-refractivity contribution in [2.45, 2.75) is 57.8 Å². The van der Waals surface area contributed by atoms with E-state index in [0.29, 0.717) is 48.7 Å². The maximum atomic E-state index is 12.5. The van der Waals surface area contributed by atoms with Gasteiger partial charge in [0.25, 0.3) is 0 Å². The molecule has 1 aliphatic rings. The van der Waals surface area contributed by atoms with E-state index in [1.54, 1.807) is 13.2 Å². The zero-order chi connectivity index (χ0) is 28.0. The van der Waals surface area contributed by atoms with Gasteiger partial charge in [0.05, 0.1) is 7.11 Å². The Labute approximate surface area is 231 Å². The molecular weight excluding hydrogens is 514 g/mol. The maximum Gasteiger partial charge on any atom is 0.320 e. The summed E-state index contributed by atoms with van der Waals surface area (Å²) in [7, 11) is 4.37. The Morgan fingerprint density at radius 2 is 1.95 bits per heavy atom. The molecule has 0 aliphatic heterocycles. The standard InChI is InChI=1S/C27H41N7O4Si/c1-33(2)13-7-12-28-27(35)32-22-11-10-20-21(16-34(24(20)31-22)18-37-14-15-39(4,5)6)23-25(36-3)29-17-30-26(23)38-19-8-9-19/h10-11,16-17,19H,7-9,12-15,18H2,1-6H3,(H2,28,31,32,35). The molecule has 1 fully saturated rings. The average molecular weight is 556 g/mol. The molecule has 3 heterocycles. The van der Waals surface area contributed by atoms with Crippen molar-refractivity contribution < 1.29 is 19.0 Å². The second kappa shape index (κ2) is 12.8. The molecule has 0 atom stereocenters. The van der Waals surface area contributed by atoms with Crippen LogP contribution in [0.25, 0.3) is 22.2 Å². The molecule has 2 N–H and O–H groups in total. The number of rotatable bonds is 14. The van der Waals surface area contributed by atoms with Crippen LogP contribution in [0.3, 0.4) is 0 Å². The molecule has 1 saturated carbocycles. The van der Waals surface area contributed by atoms with Gasteiger partial charge in [-0.1, -0.05) is 19.6 Å². The number of carbonyl (C=O) groups is 1. The number of fused-ring (bicyclic) bond motifs is 1. The van der Waals surface area contributed by atoms with Crippen molar-refractivity contribution >= 4 is 31.0 Å². The summed E-state index contributed by atoms with van der Waals surface area (Å²) in [5.41, 5.74) is 2.18. The van der Waals surface area contributed by atoms with Gasteiger partial charge in [-0.25, -0.2) is 19.7 Å². The molecule has 3 aromatic rings. The van der Waals surface area contributed by atoms with Gasteiger partial charge in [-0.2, -0.15) is 0 Å². The van der Waals surface area contributed by atoms with Crippen LogP contribution in [0.15, 0.2) is 24.7 Å². The number of ether oxygens (including phenoxy) is 3. The predicted octanol–water partition coefficient (Wildman–Crippen LogP) is 4.43. The summed E-state index contributed by atoms with van der Waals surface area (Å²) >= 11 is 0. The van der Waals surface area contributed by atoms with E-state index in [9.17, 15) is 4.79 Å². The van der Waals surface area contributed by atoms with Crippen molar-refractivity contribution in [1.29, 1.82) is 0 Å². The minimum Gasteiger partial charge on any atom is -0.480 e. The molecule has 0 saturated heterocycles. The Morgan fingerprint density at radius 1 is 1.18 bits per heavy atom. The van der Waals surface area contributed by atoms with Gasteiger partial charge in [0, 0.05) is 38.4 Å². The molecule has 0 unspecified atom stereocenters. The zero-order valence-electron chi connectivity index (χ0n) is 23.9. The van der Waals surface area contributed by atoms with Crippen LogP contribution >= 0.6 is 0 Å². The molecule has 0 radical (unpaired) electrons. The van der Waals surface area contributed by atoms with Crippen LogP contribution in [0, 0.1) is 0 Å². The Balaban J connectivity index is 1.63. The number of methoxy groups -OCH3 is 1. The lowest BCUT2D eigenvalue weighted by Gasteiger charge is -2.15. The quantitative estimate of drug-likeness (QED) is 0.222. The fourth-order valence-electron chi connectivity index (χ4n) is 4.00. The smallest absolute Gasteiger partial charge is 0.320 e. The third kappa shape index (κ3) is 8.13. The van der Waals surface area contributed by atoms with Crippen LogP contribution in [0.2, 0.25) is 25.7 Å². The van der Waals surface area contributed by atoms with E-state index in [1.165, 1.54) is 6.33 Å². The van der Waals surface area contributed by atoms with Crippen molar-refractivity contribution in [3.8, 4) is 22.9 Å². The number of carbonyl (C=O) groups excluding carboxylic acids is 1. The maximum absolute atomic E-state index is 12.5. The molecule has 4 rings (SSSR count). The molecule has 0 spiro atoms. The monoisotopic (exact) mass is 555 g/mol. The zero-order valence-corrected chi connectivity index (χ0v) is 24.9. The molecular formula is C27H41N7O4Si. The third-order valence-corrected chi connectivity index (χ3v) is 8.01. The van der Waals surface area contributed by atoms with Gasteiger partial charge >= 0.3 is 6.03 Å². The normalized spacial score (nSPS) is 13.6. The van der Waals surface area contributed by atoms with Crippen molar-refractivity contribution in [1.82, 2.24) is 29.7 Å². The minimum atomic E-state index is -1.23. The Kier molecular flexibility index (Phi) is 9.41. The molecule has 12 heteroatoms. The first-order valence-electron chi connectivity index (χ1n) is 13.5. The van der Waals surface area contributed by atoms with Gasteiger partial charge in [-0.15, -0.1) is 0 Å². The summed E-state index contributed by atoms with van der Waals surface area (Å²) in [5, 5.41) is 6.60. The van der Waals surface area contributed by atoms with E-state index in [1.807, 2.05) is 30.9 Å². The fourth-order valence-corrected chi connectivity index (χ4v) is 4.76. The molecule has 1 aliphatic carbocycles. The molecule has 0 aromatic carbocycles. The molecule has 2 amide bonds. The molecule has 0 bridgehead atoms. The van der Waals surface area contributed by atoms with Crippen molar-refractivity contribution in [2.24, 2.45) is 0 Å². The Bertz CT molecular complexity index is 1270. The number of aromatic nitrogens is 4. The topological polar surface area (TPSA) is 116 Å². The van der Waals surface area contributed by atoms with Crippen LogP contribution in [0.4, 0.5) is 10.6 Å². The first-order valence-corrected chi connectivity index (χ1v) is 17.2. The van der Waals surface area contributed by atoms with Crippen LogP contribution in [-0.2, 0) is 11.5 Å². The number of nitrogens with one attached hydrogen (secondary N) is 2. The van der Waals surface area contributed by atoms with E-state index >= 15 is 0 Å². The first-order chi connectivity index (χ1) is 18.6. The number of amides is 2. The lowest BCUT2D eigenvalue weighted by Crippen LogP contribution is -2.31. The second-order valence-electron chi connectivity index (χ2n) is 11.3. The summed E-state index contributed by atoms with van der Waals surface area (Å²) < 4.78 is 19.8. The summed E-state index contributed by atoms with van der Waals surface area (Å²) in [5.74, 6) is 1.37. The lowest BCUT2D eigenvalue weighted by atomic mass is 10.1. The van der Waals surface area contributed by atoms with Gasteiger partial charge in [-0.05, 0) is 58.1 Å². The Morgan fingerprint density at radius 3 is 2.64 bits per heavy atom. The average Bonchev–Trinajstić information content (AvgIpc) is 3.63. The molecule has 39 heavy (non-hydrogen) atoms. The van der Waals surface area contributed by atoms with E-state index in [0.717, 1.165) is 42.8 Å². The second-order valence-corrected chi connectivity index (χ2v) is 17.0. The van der Waals surface area contributed by atoms with Gasteiger partial charge in [-0.3, -0.25) is 5.32 Å². The number of pyridine rings is 1. The summed E-state index contributed by atoms with van der Waals surface area (Å²) in [6.07, 6.45) is 6.46. The van der Waals surface area contributed by atoms with Crippen molar-refractivity contribution in [2.75, 3.05) is 46.2 Å². The number of hydrogen-bond acceptors (Lipinski definition) is 8. The molecule has 212 valence electrons. The van der Waals surface area contributed by atoms with E-state index < -0.39 is 8.07 Å². The summed E-state index contributed by atoms with van der Waals surface area (Å²) in [4.78, 5) is 28.1. The largest absolute Gasteiger partial charge is 0.480 e. The van der Waals surface area contributed by atoms with Crippen LogP contribution < -0.4 is 20.1 Å².